The van der Waals surface area contributed by atoms with Crippen LogP contribution < -0.4 is 10.6 Å². The van der Waals surface area contributed by atoms with E-state index >= 15 is 0 Å². The molecule has 5 heteroatoms. The summed E-state index contributed by atoms with van der Waals surface area (Å²) < 4.78 is 0.944. The molecule has 0 aliphatic heterocycles. The maximum Gasteiger partial charge on any atom is 0.171 e. The molecule has 104 valence electrons. The Morgan fingerprint density at radius 1 is 1.25 bits per heavy atom. The van der Waals surface area contributed by atoms with Crippen molar-refractivity contribution in [1.29, 1.82) is 0 Å². The van der Waals surface area contributed by atoms with Gasteiger partial charge in [0.25, 0.3) is 0 Å². The van der Waals surface area contributed by atoms with Gasteiger partial charge in [-0.3, -0.25) is 0 Å². The third-order valence-corrected chi connectivity index (χ3v) is 3.62. The maximum absolute atomic E-state index is 5.26. The van der Waals surface area contributed by atoms with Crippen LogP contribution in [0.2, 0.25) is 0 Å². The van der Waals surface area contributed by atoms with Crippen LogP contribution in [0.4, 0.5) is 5.82 Å². The third-order valence-electron chi connectivity index (χ3n) is 2.91. The van der Waals surface area contributed by atoms with E-state index < -0.39 is 0 Å². The van der Waals surface area contributed by atoms with Crippen molar-refractivity contribution >= 4 is 39.1 Å². The van der Waals surface area contributed by atoms with Gasteiger partial charge in [-0.15, -0.1) is 0 Å². The van der Waals surface area contributed by atoms with Gasteiger partial charge in [0.1, 0.15) is 5.82 Å². The number of nitrogens with zero attached hydrogens (tertiary/aromatic N) is 1. The van der Waals surface area contributed by atoms with Crippen LogP contribution in [-0.2, 0) is 0 Å². The average molecular weight is 350 g/mol. The van der Waals surface area contributed by atoms with Crippen LogP contribution in [0.1, 0.15) is 18.4 Å². The van der Waals surface area contributed by atoms with E-state index in [9.17, 15) is 0 Å². The average Bonchev–Trinajstić information content (AvgIpc) is 2.48. The summed E-state index contributed by atoms with van der Waals surface area (Å²) in [5.41, 5.74) is 1.30. The fourth-order valence-corrected chi connectivity index (χ4v) is 2.18. The van der Waals surface area contributed by atoms with E-state index in [4.69, 9.17) is 12.2 Å². The Labute approximate surface area is 132 Å². The summed E-state index contributed by atoms with van der Waals surface area (Å²) in [7, 11) is 0. The number of benzene rings is 1. The second kappa shape index (κ2) is 7.36. The van der Waals surface area contributed by atoms with E-state index in [1.54, 1.807) is 6.20 Å². The highest BCUT2D eigenvalue weighted by molar-refractivity contribution is 9.10. The second-order valence-corrected chi connectivity index (χ2v) is 5.83. The topological polar surface area (TPSA) is 37.0 Å². The molecule has 1 atom stereocenters. The first kappa shape index (κ1) is 14.9. The van der Waals surface area contributed by atoms with Crippen molar-refractivity contribution in [1.82, 2.24) is 10.3 Å². The van der Waals surface area contributed by atoms with Gasteiger partial charge in [0.05, 0.1) is 0 Å². The predicted molar refractivity (Wildman–Crippen MR) is 91.0 cm³/mol. The predicted octanol–water partition coefficient (Wildman–Crippen LogP) is 3.93. The molecule has 0 aliphatic rings. The number of hydrogen-bond donors (Lipinski definition) is 2. The lowest BCUT2D eigenvalue weighted by atomic mass is 10.0. The molecular formula is C15H16BrN3S. The normalized spacial score (nSPS) is 11.7. The number of nitrogens with one attached hydrogen (secondary N) is 2. The first-order chi connectivity index (χ1) is 9.65. The van der Waals surface area contributed by atoms with Crippen LogP contribution in [0.25, 0.3) is 0 Å². The standard InChI is InChI=1S/C15H16BrN3S/c1-11(12-5-3-2-4-6-12)9-18-15(20)19-14-8-7-13(16)10-17-14/h2-8,10-11H,9H2,1H3,(H2,17,18,19,20)/t11-/m1/s1. The second-order valence-electron chi connectivity index (χ2n) is 4.51. The molecule has 2 rings (SSSR count). The van der Waals surface area contributed by atoms with Crippen LogP contribution in [-0.4, -0.2) is 16.6 Å². The lowest BCUT2D eigenvalue weighted by molar-refractivity contribution is 0.723. The highest BCUT2D eigenvalue weighted by Gasteiger charge is 2.05. The largest absolute Gasteiger partial charge is 0.362 e. The number of anilines is 1. The fourth-order valence-electron chi connectivity index (χ4n) is 1.76. The Morgan fingerprint density at radius 2 is 2.00 bits per heavy atom. The van der Waals surface area contributed by atoms with Crippen LogP contribution in [0.3, 0.4) is 0 Å². The van der Waals surface area contributed by atoms with Gasteiger partial charge in [-0.05, 0) is 51.8 Å². The molecule has 20 heavy (non-hydrogen) atoms. The summed E-state index contributed by atoms with van der Waals surface area (Å²) in [4.78, 5) is 4.22. The minimum Gasteiger partial charge on any atom is -0.362 e. The molecule has 0 saturated heterocycles. The van der Waals surface area contributed by atoms with Crippen molar-refractivity contribution < 1.29 is 0 Å². The molecular weight excluding hydrogens is 334 g/mol. The lowest BCUT2D eigenvalue weighted by Gasteiger charge is -2.15. The van der Waals surface area contributed by atoms with Crippen molar-refractivity contribution in [3.8, 4) is 0 Å². The monoisotopic (exact) mass is 349 g/mol. The van der Waals surface area contributed by atoms with Crippen molar-refractivity contribution in [2.24, 2.45) is 0 Å². The van der Waals surface area contributed by atoms with E-state index in [-0.39, 0.29) is 0 Å². The van der Waals surface area contributed by atoms with Crippen LogP contribution in [0, 0.1) is 0 Å². The first-order valence-corrected chi connectivity index (χ1v) is 7.56. The minimum atomic E-state index is 0.397. The molecule has 0 fully saturated rings. The number of rotatable bonds is 4. The summed E-state index contributed by atoms with van der Waals surface area (Å²) in [6.45, 7) is 2.95. The van der Waals surface area contributed by atoms with Gasteiger partial charge in [-0.2, -0.15) is 0 Å². The fraction of sp³-hybridized carbons (Fsp3) is 0.200. The number of aromatic nitrogens is 1. The molecule has 0 amide bonds. The van der Waals surface area contributed by atoms with E-state index in [0.29, 0.717) is 11.0 Å². The van der Waals surface area contributed by atoms with Gasteiger partial charge < -0.3 is 10.6 Å². The molecule has 2 aromatic rings. The molecule has 0 saturated carbocycles. The minimum absolute atomic E-state index is 0.397. The molecule has 3 nitrogen and oxygen atoms in total. The number of pyridine rings is 1. The smallest absolute Gasteiger partial charge is 0.171 e. The van der Waals surface area contributed by atoms with Crippen LogP contribution in [0.15, 0.2) is 53.1 Å². The Balaban J connectivity index is 1.82. The van der Waals surface area contributed by atoms with Crippen LogP contribution in [0.5, 0.6) is 0 Å². The van der Waals surface area contributed by atoms with E-state index in [1.165, 1.54) is 5.56 Å². The maximum atomic E-state index is 5.26. The Kier molecular flexibility index (Phi) is 5.49. The molecule has 1 aromatic carbocycles. The van der Waals surface area contributed by atoms with Crippen molar-refractivity contribution in [3.05, 3.63) is 58.7 Å². The molecule has 0 bridgehead atoms. The highest BCUT2D eigenvalue weighted by atomic mass is 79.9. The molecule has 0 radical (unpaired) electrons. The summed E-state index contributed by atoms with van der Waals surface area (Å²) in [6.07, 6.45) is 1.73. The van der Waals surface area contributed by atoms with E-state index in [0.717, 1.165) is 16.8 Å². The Hall–Kier alpha value is -1.46. The molecule has 0 unspecified atom stereocenters. The molecule has 0 spiro atoms. The Bertz CT molecular complexity index is 557. The van der Waals surface area contributed by atoms with Gasteiger partial charge >= 0.3 is 0 Å². The van der Waals surface area contributed by atoms with Gasteiger partial charge in [-0.1, -0.05) is 37.3 Å². The van der Waals surface area contributed by atoms with Gasteiger partial charge in [0, 0.05) is 17.2 Å². The summed E-state index contributed by atoms with van der Waals surface area (Å²) in [6, 6.07) is 14.2. The van der Waals surface area contributed by atoms with E-state index in [1.807, 2.05) is 30.3 Å². The number of halogens is 1. The summed E-state index contributed by atoms with van der Waals surface area (Å²) >= 11 is 8.61. The van der Waals surface area contributed by atoms with Crippen LogP contribution >= 0.6 is 28.1 Å². The van der Waals surface area contributed by atoms with E-state index in [2.05, 4.69) is 50.6 Å². The Morgan fingerprint density at radius 3 is 2.65 bits per heavy atom. The highest BCUT2D eigenvalue weighted by Crippen LogP contribution is 2.13. The lowest BCUT2D eigenvalue weighted by Crippen LogP contribution is -2.31. The molecule has 2 N–H and O–H groups in total. The zero-order valence-corrected chi connectivity index (χ0v) is 13.5. The SMILES string of the molecule is C[C@H](CNC(=S)Nc1ccc(Br)cn1)c1ccccc1. The third kappa shape index (κ3) is 4.58. The molecule has 1 heterocycles. The molecule has 1 aromatic heterocycles. The number of thiocarbonyl (C=S) groups is 1. The van der Waals surface area contributed by atoms with Crippen molar-refractivity contribution in [2.45, 2.75) is 12.8 Å². The zero-order valence-electron chi connectivity index (χ0n) is 11.1. The molecule has 0 aliphatic carbocycles. The zero-order chi connectivity index (χ0) is 14.4. The van der Waals surface area contributed by atoms with Gasteiger partial charge in [-0.25, -0.2) is 4.98 Å². The van der Waals surface area contributed by atoms with Gasteiger partial charge in [0.2, 0.25) is 0 Å². The van der Waals surface area contributed by atoms with Gasteiger partial charge in [0.15, 0.2) is 5.11 Å². The summed E-state index contributed by atoms with van der Waals surface area (Å²) in [5.74, 6) is 1.13. The first-order valence-electron chi connectivity index (χ1n) is 6.36. The quantitative estimate of drug-likeness (QED) is 0.820. The van der Waals surface area contributed by atoms with Crippen molar-refractivity contribution in [2.75, 3.05) is 11.9 Å². The van der Waals surface area contributed by atoms with Crippen molar-refractivity contribution in [3.63, 3.8) is 0 Å². The number of hydrogen-bond acceptors (Lipinski definition) is 2. The summed E-state index contributed by atoms with van der Waals surface area (Å²) in [5, 5.41) is 6.86.